The van der Waals surface area contributed by atoms with Crippen molar-refractivity contribution in [3.05, 3.63) is 59.2 Å². The van der Waals surface area contributed by atoms with Gasteiger partial charge in [0, 0.05) is 12.5 Å². The number of carbonyl (C=O) groups is 1. The van der Waals surface area contributed by atoms with Gasteiger partial charge in [0.2, 0.25) is 11.7 Å². The Morgan fingerprint density at radius 1 is 1.14 bits per heavy atom. The van der Waals surface area contributed by atoms with Crippen molar-refractivity contribution in [3.8, 4) is 11.1 Å². The first-order valence-corrected chi connectivity index (χ1v) is 9.21. The minimum atomic E-state index is -2.12. The molecule has 1 saturated heterocycles. The molecule has 5 N–H and O–H groups in total. The van der Waals surface area contributed by atoms with Crippen LogP contribution in [0.15, 0.2) is 42.5 Å². The van der Waals surface area contributed by atoms with E-state index in [0.717, 1.165) is 22.3 Å². The molecule has 148 valence electrons. The minimum Gasteiger partial charge on any atom is -0.394 e. The predicted molar refractivity (Wildman–Crippen MR) is 100 cm³/mol. The first-order chi connectivity index (χ1) is 13.4. The number of aliphatic hydroxyl groups excluding tert-OH is 3. The molecule has 1 aliphatic heterocycles. The van der Waals surface area contributed by atoms with Crippen molar-refractivity contribution in [2.75, 3.05) is 6.61 Å². The molecule has 7 nitrogen and oxygen atoms in total. The third kappa shape index (κ3) is 2.83. The molecule has 0 spiro atoms. The number of rotatable bonds is 3. The number of benzene rings is 2. The summed E-state index contributed by atoms with van der Waals surface area (Å²) < 4.78 is 5.71. The lowest BCUT2D eigenvalue weighted by Crippen LogP contribution is -2.68. The summed E-state index contributed by atoms with van der Waals surface area (Å²) in [7, 11) is 0. The first kappa shape index (κ1) is 19.0. The molecule has 1 heterocycles. The highest BCUT2D eigenvalue weighted by Crippen LogP contribution is 2.44. The van der Waals surface area contributed by atoms with Gasteiger partial charge < -0.3 is 30.5 Å². The Labute approximate surface area is 162 Å². The van der Waals surface area contributed by atoms with Crippen LogP contribution in [0, 0.1) is 0 Å². The SMILES string of the molecule is CC(=O)N[C@@H]1[C@@H](O)[C@H](O)[C@@H](CO)OC1(O)c1cccc2c1Cc1ccccc1-2. The zero-order valence-electron chi connectivity index (χ0n) is 15.4. The Kier molecular flexibility index (Phi) is 4.73. The topological polar surface area (TPSA) is 119 Å². The van der Waals surface area contributed by atoms with Gasteiger partial charge in [0.25, 0.3) is 0 Å². The lowest BCUT2D eigenvalue weighted by molar-refractivity contribution is -0.327. The van der Waals surface area contributed by atoms with Crippen LogP contribution in [0.5, 0.6) is 0 Å². The molecule has 0 saturated carbocycles. The van der Waals surface area contributed by atoms with E-state index in [1.165, 1.54) is 6.92 Å². The van der Waals surface area contributed by atoms with Crippen molar-refractivity contribution in [1.29, 1.82) is 0 Å². The van der Waals surface area contributed by atoms with Crippen molar-refractivity contribution in [3.63, 3.8) is 0 Å². The van der Waals surface area contributed by atoms with Gasteiger partial charge in [-0.1, -0.05) is 42.5 Å². The number of hydrogen-bond donors (Lipinski definition) is 5. The second kappa shape index (κ2) is 6.95. The van der Waals surface area contributed by atoms with Crippen molar-refractivity contribution in [1.82, 2.24) is 5.32 Å². The van der Waals surface area contributed by atoms with Gasteiger partial charge in [0.05, 0.1) is 6.61 Å². The number of nitrogens with one attached hydrogen (secondary N) is 1. The highest BCUT2D eigenvalue weighted by Gasteiger charge is 2.55. The van der Waals surface area contributed by atoms with E-state index < -0.39 is 42.7 Å². The summed E-state index contributed by atoms with van der Waals surface area (Å²) in [5.41, 5.74) is 4.30. The molecule has 5 atom stereocenters. The molecule has 1 amide bonds. The lowest BCUT2D eigenvalue weighted by Gasteiger charge is -2.48. The normalized spacial score (nSPS) is 31.2. The molecule has 2 aromatic carbocycles. The van der Waals surface area contributed by atoms with Gasteiger partial charge in [0.15, 0.2) is 0 Å². The standard InChI is InChI=1S/C21H23NO6/c1-11(24)22-20-19(26)18(25)17(10-23)28-21(20,27)16-8-4-7-14-13-6-3-2-5-12(13)9-15(14)16/h2-8,17-20,23,25-27H,9-10H2,1H3,(H,22,24)/t17-,18-,19+,20-,21?/m1/s1. The van der Waals surface area contributed by atoms with E-state index in [0.29, 0.717) is 12.0 Å². The Bertz CT molecular complexity index is 916. The van der Waals surface area contributed by atoms with E-state index in [-0.39, 0.29) is 0 Å². The summed E-state index contributed by atoms with van der Waals surface area (Å²) in [6.07, 6.45) is -3.64. The largest absolute Gasteiger partial charge is 0.394 e. The molecule has 7 heteroatoms. The van der Waals surface area contributed by atoms with E-state index in [1.54, 1.807) is 12.1 Å². The number of amides is 1. The van der Waals surface area contributed by atoms with E-state index >= 15 is 0 Å². The molecule has 2 aliphatic rings. The van der Waals surface area contributed by atoms with Crippen LogP contribution in [0.2, 0.25) is 0 Å². The maximum Gasteiger partial charge on any atom is 0.217 e. The Hall–Kier alpha value is -2.29. The monoisotopic (exact) mass is 385 g/mol. The molecule has 0 radical (unpaired) electrons. The summed E-state index contributed by atoms with van der Waals surface area (Å²) in [4.78, 5) is 11.7. The van der Waals surface area contributed by atoms with Crippen molar-refractivity contribution in [2.24, 2.45) is 0 Å². The highest BCUT2D eigenvalue weighted by molar-refractivity contribution is 5.78. The fraction of sp³-hybridized carbons (Fsp3) is 0.381. The van der Waals surface area contributed by atoms with Gasteiger partial charge in [-0.3, -0.25) is 4.79 Å². The van der Waals surface area contributed by atoms with Crippen LogP contribution in [0.1, 0.15) is 23.6 Å². The van der Waals surface area contributed by atoms with Crippen molar-refractivity contribution < 1.29 is 30.0 Å². The fourth-order valence-electron chi connectivity index (χ4n) is 4.29. The van der Waals surface area contributed by atoms with E-state index in [2.05, 4.69) is 5.32 Å². The summed E-state index contributed by atoms with van der Waals surface area (Å²) in [6, 6.07) is 12.0. The van der Waals surface area contributed by atoms with Gasteiger partial charge in [-0.05, 0) is 28.7 Å². The molecular formula is C21H23NO6. The van der Waals surface area contributed by atoms with Gasteiger partial charge in [-0.25, -0.2) is 0 Å². The summed E-state index contributed by atoms with van der Waals surface area (Å²) in [5.74, 6) is -2.61. The third-order valence-electron chi connectivity index (χ3n) is 5.60. The van der Waals surface area contributed by atoms with Gasteiger partial charge >= 0.3 is 0 Å². The summed E-state index contributed by atoms with van der Waals surface area (Å²) >= 11 is 0. The van der Waals surface area contributed by atoms with Crippen molar-refractivity contribution >= 4 is 5.91 Å². The number of aliphatic hydroxyl groups is 4. The molecule has 1 fully saturated rings. The second-order valence-corrected chi connectivity index (χ2v) is 7.36. The molecule has 0 aromatic heterocycles. The van der Waals surface area contributed by atoms with Crippen LogP contribution in [0.4, 0.5) is 0 Å². The van der Waals surface area contributed by atoms with E-state index in [1.807, 2.05) is 30.3 Å². The van der Waals surface area contributed by atoms with Crippen molar-refractivity contribution in [2.45, 2.75) is 43.5 Å². The van der Waals surface area contributed by atoms with E-state index in [4.69, 9.17) is 4.74 Å². The molecule has 28 heavy (non-hydrogen) atoms. The zero-order chi connectivity index (χ0) is 20.1. The number of ether oxygens (including phenoxy) is 1. The van der Waals surface area contributed by atoms with Crippen LogP contribution in [0.3, 0.4) is 0 Å². The van der Waals surface area contributed by atoms with Crippen LogP contribution in [-0.4, -0.2) is 57.3 Å². The van der Waals surface area contributed by atoms with Crippen LogP contribution in [-0.2, 0) is 21.7 Å². The molecule has 2 aromatic rings. The Balaban J connectivity index is 1.85. The van der Waals surface area contributed by atoms with Crippen LogP contribution in [0.25, 0.3) is 11.1 Å². The van der Waals surface area contributed by atoms with E-state index in [9.17, 15) is 25.2 Å². The summed E-state index contributed by atoms with van der Waals surface area (Å²) in [5, 5.41) is 44.5. The molecule has 1 unspecified atom stereocenters. The number of carbonyl (C=O) groups excluding carboxylic acids is 1. The molecule has 1 aliphatic carbocycles. The number of hydrogen-bond acceptors (Lipinski definition) is 6. The third-order valence-corrected chi connectivity index (χ3v) is 5.60. The fourth-order valence-corrected chi connectivity index (χ4v) is 4.29. The summed E-state index contributed by atoms with van der Waals surface area (Å²) in [6.45, 7) is 0.658. The average Bonchev–Trinajstić information content (AvgIpc) is 3.06. The zero-order valence-corrected chi connectivity index (χ0v) is 15.4. The van der Waals surface area contributed by atoms with Gasteiger partial charge in [0.1, 0.15) is 24.4 Å². The maximum atomic E-state index is 11.7. The van der Waals surface area contributed by atoms with Crippen LogP contribution < -0.4 is 5.32 Å². The highest BCUT2D eigenvalue weighted by atomic mass is 16.6. The predicted octanol–water partition coefficient (Wildman–Crippen LogP) is 0.0205. The molecule has 4 rings (SSSR count). The van der Waals surface area contributed by atoms with Crippen LogP contribution >= 0.6 is 0 Å². The quantitative estimate of drug-likeness (QED) is 0.434. The Morgan fingerprint density at radius 2 is 1.86 bits per heavy atom. The average molecular weight is 385 g/mol. The minimum absolute atomic E-state index is 0.393. The Morgan fingerprint density at radius 3 is 2.57 bits per heavy atom. The molecular weight excluding hydrogens is 362 g/mol. The number of fused-ring (bicyclic) bond motifs is 3. The molecule has 0 bridgehead atoms. The smallest absolute Gasteiger partial charge is 0.217 e. The maximum absolute atomic E-state index is 11.7. The second-order valence-electron chi connectivity index (χ2n) is 7.36. The van der Waals surface area contributed by atoms with Gasteiger partial charge in [-0.2, -0.15) is 0 Å². The lowest BCUT2D eigenvalue weighted by atomic mass is 9.83. The first-order valence-electron chi connectivity index (χ1n) is 9.21. The van der Waals surface area contributed by atoms with Gasteiger partial charge in [-0.15, -0.1) is 0 Å².